The van der Waals surface area contributed by atoms with E-state index in [0.29, 0.717) is 25.0 Å². The van der Waals surface area contributed by atoms with Gasteiger partial charge in [-0.1, -0.05) is 43.7 Å². The van der Waals surface area contributed by atoms with Crippen LogP contribution >= 0.6 is 0 Å². The minimum Gasteiger partial charge on any atom is -0.333 e. The van der Waals surface area contributed by atoms with Crippen molar-refractivity contribution in [3.8, 4) is 0 Å². The van der Waals surface area contributed by atoms with Gasteiger partial charge in [0.05, 0.1) is 0 Å². The Kier molecular flexibility index (Phi) is 4.65. The second-order valence-corrected chi connectivity index (χ2v) is 7.11. The minimum atomic E-state index is -0.491. The molecule has 0 saturated carbocycles. The Morgan fingerprint density at radius 1 is 1.20 bits per heavy atom. The zero-order chi connectivity index (χ0) is 18.1. The molecule has 2 heterocycles. The van der Waals surface area contributed by atoms with Gasteiger partial charge in [-0.25, -0.2) is 4.79 Å². The van der Waals surface area contributed by atoms with Crippen LogP contribution in [0.15, 0.2) is 29.3 Å². The molecular formula is C18H25N5O2. The number of aryl methyl sites for hydroxylation is 1. The van der Waals surface area contributed by atoms with Gasteiger partial charge in [0, 0.05) is 20.1 Å². The lowest BCUT2D eigenvalue weighted by Crippen LogP contribution is -2.64. The monoisotopic (exact) mass is 343 g/mol. The van der Waals surface area contributed by atoms with Crippen molar-refractivity contribution in [2.24, 2.45) is 10.9 Å². The molecule has 1 aromatic rings. The number of aliphatic imine (C=N–C) groups is 1. The van der Waals surface area contributed by atoms with E-state index < -0.39 is 12.2 Å². The summed E-state index contributed by atoms with van der Waals surface area (Å²) < 4.78 is 0. The number of nitrogens with one attached hydrogen (secondary N) is 2. The van der Waals surface area contributed by atoms with Crippen molar-refractivity contribution in [3.63, 3.8) is 0 Å². The van der Waals surface area contributed by atoms with Crippen LogP contribution in [0.5, 0.6) is 0 Å². The fourth-order valence-electron chi connectivity index (χ4n) is 3.05. The van der Waals surface area contributed by atoms with E-state index >= 15 is 0 Å². The number of fused-ring (bicyclic) bond motifs is 1. The fraction of sp³-hybridized carbons (Fsp3) is 0.500. The van der Waals surface area contributed by atoms with Gasteiger partial charge in [-0.2, -0.15) is 0 Å². The highest BCUT2D eigenvalue weighted by Crippen LogP contribution is 2.23. The van der Waals surface area contributed by atoms with Crippen molar-refractivity contribution in [2.45, 2.75) is 39.5 Å². The Hall–Kier alpha value is -2.57. The largest absolute Gasteiger partial charge is 0.333 e. The van der Waals surface area contributed by atoms with Crippen LogP contribution < -0.4 is 10.6 Å². The third-order valence-electron chi connectivity index (χ3n) is 4.50. The molecule has 25 heavy (non-hydrogen) atoms. The maximum Gasteiger partial charge on any atom is 0.325 e. The van der Waals surface area contributed by atoms with E-state index in [0.717, 1.165) is 5.56 Å². The van der Waals surface area contributed by atoms with Gasteiger partial charge in [-0.3, -0.25) is 15.1 Å². The normalized spacial score (nSPS) is 24.6. The van der Waals surface area contributed by atoms with E-state index in [-0.39, 0.29) is 11.9 Å². The molecule has 2 unspecified atom stereocenters. The van der Waals surface area contributed by atoms with E-state index in [1.165, 1.54) is 10.5 Å². The summed E-state index contributed by atoms with van der Waals surface area (Å²) in [5.74, 6) is 0.787. The summed E-state index contributed by atoms with van der Waals surface area (Å²) in [6, 6.07) is 7.33. The first kappa shape index (κ1) is 17.3. The van der Waals surface area contributed by atoms with Gasteiger partial charge in [0.25, 0.3) is 5.91 Å². The lowest BCUT2D eigenvalue weighted by Gasteiger charge is -2.35. The number of nitrogens with zero attached hydrogens (tertiary/aromatic N) is 3. The first-order valence-electron chi connectivity index (χ1n) is 8.57. The molecule has 2 aliphatic rings. The van der Waals surface area contributed by atoms with Crippen LogP contribution in [0.4, 0.5) is 4.79 Å². The highest BCUT2D eigenvalue weighted by Gasteiger charge is 2.49. The van der Waals surface area contributed by atoms with Gasteiger partial charge >= 0.3 is 6.03 Å². The fourth-order valence-corrected chi connectivity index (χ4v) is 3.05. The molecule has 0 aliphatic carbocycles. The molecule has 2 aliphatic heterocycles. The number of carbonyl (C=O) groups excluding carboxylic acids is 2. The van der Waals surface area contributed by atoms with Crippen LogP contribution in [0.2, 0.25) is 0 Å². The molecular weight excluding hydrogens is 318 g/mol. The summed E-state index contributed by atoms with van der Waals surface area (Å²) in [7, 11) is 1.68. The Labute approximate surface area is 148 Å². The van der Waals surface area contributed by atoms with Gasteiger partial charge in [0.15, 0.2) is 12.0 Å². The number of benzene rings is 1. The zero-order valence-electron chi connectivity index (χ0n) is 15.1. The Balaban J connectivity index is 1.91. The first-order chi connectivity index (χ1) is 11.9. The maximum atomic E-state index is 12.5. The summed E-state index contributed by atoms with van der Waals surface area (Å²) in [6.07, 6.45) is -0.405. The predicted octanol–water partition coefficient (Wildman–Crippen LogP) is 1.29. The average molecular weight is 343 g/mol. The van der Waals surface area contributed by atoms with Crippen molar-refractivity contribution < 1.29 is 9.59 Å². The number of urea groups is 1. The second-order valence-electron chi connectivity index (χ2n) is 7.11. The molecule has 2 N–H and O–H groups in total. The second kappa shape index (κ2) is 6.74. The van der Waals surface area contributed by atoms with Crippen LogP contribution in [-0.2, 0) is 11.3 Å². The standard InChI is InChI=1S/C18H25N5O2/c1-11(2)9-19-17-20-15-14(16(24)21-18(25)22(15)4)23(17)10-13-7-5-12(3)6-8-13/h5-8,11,14-15H,9-10H2,1-4H3,(H,19,20)(H,21,24,25). The van der Waals surface area contributed by atoms with E-state index in [1.807, 2.05) is 11.8 Å². The summed E-state index contributed by atoms with van der Waals surface area (Å²) in [5, 5.41) is 5.68. The number of hydrogen-bond acceptors (Lipinski definition) is 3. The van der Waals surface area contributed by atoms with Gasteiger partial charge in [-0.05, 0) is 18.4 Å². The number of likely N-dealkylation sites (N-methyl/N-ethyl adjacent to an activating group) is 1. The third-order valence-corrected chi connectivity index (χ3v) is 4.50. The Morgan fingerprint density at radius 3 is 2.52 bits per heavy atom. The van der Waals surface area contributed by atoms with E-state index in [4.69, 9.17) is 0 Å². The van der Waals surface area contributed by atoms with Gasteiger partial charge in [0.1, 0.15) is 6.17 Å². The summed E-state index contributed by atoms with van der Waals surface area (Å²) >= 11 is 0. The van der Waals surface area contributed by atoms with E-state index in [1.54, 1.807) is 7.05 Å². The Bertz CT molecular complexity index is 698. The number of amides is 3. The molecule has 0 spiro atoms. The van der Waals surface area contributed by atoms with Crippen LogP contribution in [-0.4, -0.2) is 53.5 Å². The topological polar surface area (TPSA) is 77.0 Å². The molecule has 1 aromatic carbocycles. The smallest absolute Gasteiger partial charge is 0.325 e. The molecule has 0 aromatic heterocycles. The van der Waals surface area contributed by atoms with Crippen molar-refractivity contribution in [2.75, 3.05) is 13.6 Å². The Morgan fingerprint density at radius 2 is 1.88 bits per heavy atom. The third kappa shape index (κ3) is 3.45. The van der Waals surface area contributed by atoms with Crippen molar-refractivity contribution in [3.05, 3.63) is 35.4 Å². The van der Waals surface area contributed by atoms with Gasteiger partial charge in [-0.15, -0.1) is 0 Å². The van der Waals surface area contributed by atoms with Crippen molar-refractivity contribution in [1.82, 2.24) is 20.4 Å². The highest BCUT2D eigenvalue weighted by atomic mass is 16.2. The van der Waals surface area contributed by atoms with E-state index in [2.05, 4.69) is 53.7 Å². The van der Waals surface area contributed by atoms with Gasteiger partial charge < -0.3 is 15.1 Å². The molecule has 3 amide bonds. The summed E-state index contributed by atoms with van der Waals surface area (Å²) in [6.45, 7) is 7.45. The molecule has 7 heteroatoms. The minimum absolute atomic E-state index is 0.289. The highest BCUT2D eigenvalue weighted by molar-refractivity contribution is 6.04. The number of rotatable bonds is 4. The van der Waals surface area contributed by atoms with Crippen molar-refractivity contribution in [1.29, 1.82) is 0 Å². The zero-order valence-corrected chi connectivity index (χ0v) is 15.1. The number of carbonyl (C=O) groups is 2. The molecule has 2 fully saturated rings. The van der Waals surface area contributed by atoms with Crippen LogP contribution in [0.1, 0.15) is 25.0 Å². The van der Waals surface area contributed by atoms with Crippen LogP contribution in [0.3, 0.4) is 0 Å². The van der Waals surface area contributed by atoms with Crippen molar-refractivity contribution >= 4 is 17.9 Å². The summed E-state index contributed by atoms with van der Waals surface area (Å²) in [5.41, 5.74) is 2.29. The molecule has 0 bridgehead atoms. The van der Waals surface area contributed by atoms with E-state index in [9.17, 15) is 9.59 Å². The summed E-state index contributed by atoms with van der Waals surface area (Å²) in [4.78, 5) is 32.5. The lowest BCUT2D eigenvalue weighted by atomic mass is 10.1. The lowest BCUT2D eigenvalue weighted by molar-refractivity contribution is -0.127. The molecule has 0 radical (unpaired) electrons. The molecule has 2 saturated heterocycles. The number of hydrogen-bond donors (Lipinski definition) is 2. The molecule has 2 atom stereocenters. The molecule has 3 rings (SSSR count). The molecule has 134 valence electrons. The first-order valence-corrected chi connectivity index (χ1v) is 8.57. The quantitative estimate of drug-likeness (QED) is 0.864. The average Bonchev–Trinajstić information content (AvgIpc) is 2.92. The van der Waals surface area contributed by atoms with Gasteiger partial charge in [0.2, 0.25) is 0 Å². The van der Waals surface area contributed by atoms with Crippen LogP contribution in [0, 0.1) is 12.8 Å². The van der Waals surface area contributed by atoms with Crippen LogP contribution in [0.25, 0.3) is 0 Å². The number of imide groups is 1. The predicted molar refractivity (Wildman–Crippen MR) is 95.9 cm³/mol. The SMILES string of the molecule is Cc1ccc(CN2C(=NCC(C)C)NC3C2C(=O)NC(=O)N3C)cc1. The molecule has 7 nitrogen and oxygen atoms in total. The maximum absolute atomic E-state index is 12.5. The number of guanidine groups is 1.